The first-order chi connectivity index (χ1) is 11.0. The van der Waals surface area contributed by atoms with Crippen LogP contribution in [0, 0.1) is 5.82 Å². The van der Waals surface area contributed by atoms with E-state index in [1.54, 1.807) is 0 Å². The van der Waals surface area contributed by atoms with Crippen LogP contribution in [0.25, 0.3) is 0 Å². The first-order valence-electron chi connectivity index (χ1n) is 7.33. The molecule has 1 amide bonds. The Hall–Kier alpha value is -1.43. The first kappa shape index (κ1) is 17.9. The van der Waals surface area contributed by atoms with Crippen LogP contribution < -0.4 is 10.6 Å². The lowest BCUT2D eigenvalue weighted by molar-refractivity contribution is -0.686. The van der Waals surface area contributed by atoms with Gasteiger partial charge in [-0.3, -0.25) is 4.79 Å². The van der Waals surface area contributed by atoms with E-state index >= 15 is 0 Å². The number of hydrogen-bond acceptors (Lipinski definition) is 1. The van der Waals surface area contributed by atoms with E-state index in [1.807, 2.05) is 29.6 Å². The van der Waals surface area contributed by atoms with E-state index in [9.17, 15) is 9.18 Å². The van der Waals surface area contributed by atoms with Crippen molar-refractivity contribution in [1.82, 2.24) is 0 Å². The Morgan fingerprint density at radius 2 is 2.00 bits per heavy atom. The molecule has 1 atom stereocenters. The van der Waals surface area contributed by atoms with Crippen LogP contribution in [0.5, 0.6) is 0 Å². The lowest BCUT2D eigenvalue weighted by Crippen LogP contribution is -2.87. The van der Waals surface area contributed by atoms with Crippen LogP contribution in [-0.2, 0) is 4.79 Å². The van der Waals surface area contributed by atoms with Gasteiger partial charge in [-0.05, 0) is 30.3 Å². The summed E-state index contributed by atoms with van der Waals surface area (Å²) < 4.78 is 14.6. The molecular formula is C17H18BrClFN2O+. The van der Waals surface area contributed by atoms with Crippen molar-refractivity contribution in [3.63, 3.8) is 0 Å². The number of hydrogen-bond donors (Lipinski definition) is 2. The number of rotatable bonds is 6. The zero-order valence-electron chi connectivity index (χ0n) is 12.7. The summed E-state index contributed by atoms with van der Waals surface area (Å²) >= 11 is 9.22. The maximum atomic E-state index is 13.6. The van der Waals surface area contributed by atoms with Gasteiger partial charge in [-0.1, -0.05) is 46.6 Å². The maximum absolute atomic E-state index is 13.6. The van der Waals surface area contributed by atoms with Crippen LogP contribution in [0.3, 0.4) is 0 Å². The van der Waals surface area contributed by atoms with Crippen molar-refractivity contribution in [3.8, 4) is 0 Å². The van der Waals surface area contributed by atoms with Crippen molar-refractivity contribution >= 4 is 39.1 Å². The summed E-state index contributed by atoms with van der Waals surface area (Å²) in [5.74, 6) is -0.760. The maximum Gasteiger partial charge on any atom is 0.279 e. The monoisotopic (exact) mass is 399 g/mol. The van der Waals surface area contributed by atoms with Gasteiger partial charge >= 0.3 is 0 Å². The molecule has 2 aromatic carbocycles. The number of quaternary nitrogens is 1. The van der Waals surface area contributed by atoms with E-state index < -0.39 is 5.82 Å². The van der Waals surface area contributed by atoms with Crippen LogP contribution >= 0.6 is 27.5 Å². The number of carbonyl (C=O) groups is 1. The highest BCUT2D eigenvalue weighted by Gasteiger charge is 2.15. The fourth-order valence-electron chi connectivity index (χ4n) is 2.29. The van der Waals surface area contributed by atoms with Gasteiger partial charge in [0.05, 0.1) is 5.69 Å². The standard InChI is InChI=1S/C17H17BrClFN2O/c1-2-15(11-3-5-12(18)6-4-11)21-10-17(23)22-16-9-13(19)7-8-14(16)20/h3-9,15,21H,2,10H2,1H3,(H,22,23)/p+1/t15-/m1/s1. The van der Waals surface area contributed by atoms with Crippen LogP contribution in [0.15, 0.2) is 46.9 Å². The minimum absolute atomic E-state index is 0.104. The van der Waals surface area contributed by atoms with E-state index in [-0.39, 0.29) is 24.2 Å². The Morgan fingerprint density at radius 3 is 2.65 bits per heavy atom. The largest absolute Gasteiger partial charge is 0.332 e. The van der Waals surface area contributed by atoms with Crippen LogP contribution in [-0.4, -0.2) is 12.5 Å². The van der Waals surface area contributed by atoms with Gasteiger partial charge < -0.3 is 10.6 Å². The molecule has 0 aromatic heterocycles. The molecule has 0 heterocycles. The van der Waals surface area contributed by atoms with Crippen molar-refractivity contribution < 1.29 is 14.5 Å². The summed E-state index contributed by atoms with van der Waals surface area (Å²) in [6.07, 6.45) is 0.889. The zero-order chi connectivity index (χ0) is 16.8. The molecule has 0 saturated heterocycles. The molecule has 0 saturated carbocycles. The van der Waals surface area contributed by atoms with Gasteiger partial charge in [-0.2, -0.15) is 0 Å². The number of carbonyl (C=O) groups excluding carboxylic acids is 1. The average molecular weight is 401 g/mol. The second kappa shape index (κ2) is 8.43. The van der Waals surface area contributed by atoms with E-state index in [1.165, 1.54) is 18.2 Å². The molecule has 0 spiro atoms. The van der Waals surface area contributed by atoms with E-state index in [4.69, 9.17) is 11.6 Å². The van der Waals surface area contributed by atoms with Crippen LogP contribution in [0.2, 0.25) is 5.02 Å². The number of halogens is 3. The molecule has 2 aromatic rings. The van der Waals surface area contributed by atoms with Crippen molar-refractivity contribution in [2.45, 2.75) is 19.4 Å². The SMILES string of the molecule is CC[C@@H]([NH2+]CC(=O)Nc1cc(Cl)ccc1F)c1ccc(Br)cc1. The fraction of sp³-hybridized carbons (Fsp3) is 0.235. The van der Waals surface area contributed by atoms with Gasteiger partial charge in [-0.15, -0.1) is 0 Å². The molecular weight excluding hydrogens is 383 g/mol. The van der Waals surface area contributed by atoms with E-state index in [2.05, 4.69) is 28.2 Å². The Balaban J connectivity index is 1.94. The van der Waals surface area contributed by atoms with Gasteiger partial charge in [0, 0.05) is 21.5 Å². The predicted octanol–water partition coefficient (Wildman–Crippen LogP) is 3.89. The third-order valence-electron chi connectivity index (χ3n) is 3.53. The molecule has 0 bridgehead atoms. The Morgan fingerprint density at radius 1 is 1.30 bits per heavy atom. The molecule has 122 valence electrons. The summed E-state index contributed by atoms with van der Waals surface area (Å²) in [6, 6.07) is 12.3. The Kier molecular flexibility index (Phi) is 6.57. The Labute approximate surface area is 148 Å². The molecule has 0 radical (unpaired) electrons. The quantitative estimate of drug-likeness (QED) is 0.759. The molecule has 6 heteroatoms. The molecule has 23 heavy (non-hydrogen) atoms. The average Bonchev–Trinajstić information content (AvgIpc) is 2.53. The number of anilines is 1. The lowest BCUT2D eigenvalue weighted by Gasteiger charge is -2.14. The summed E-state index contributed by atoms with van der Waals surface area (Å²) in [4.78, 5) is 12.0. The number of amides is 1. The van der Waals surface area contributed by atoms with Gasteiger partial charge in [-0.25, -0.2) is 4.39 Å². The van der Waals surface area contributed by atoms with E-state index in [0.717, 1.165) is 16.5 Å². The van der Waals surface area contributed by atoms with Crippen molar-refractivity contribution in [2.24, 2.45) is 0 Å². The molecule has 0 aliphatic carbocycles. The molecule has 2 rings (SSSR count). The van der Waals surface area contributed by atoms with Gasteiger partial charge in [0.2, 0.25) is 0 Å². The van der Waals surface area contributed by atoms with E-state index in [0.29, 0.717) is 5.02 Å². The van der Waals surface area contributed by atoms with Gasteiger partial charge in [0.25, 0.3) is 5.91 Å². The Bertz CT molecular complexity index is 679. The zero-order valence-corrected chi connectivity index (χ0v) is 15.0. The number of nitrogens with two attached hydrogens (primary N) is 1. The highest BCUT2D eigenvalue weighted by Crippen LogP contribution is 2.19. The fourth-order valence-corrected chi connectivity index (χ4v) is 2.73. The van der Waals surface area contributed by atoms with Gasteiger partial charge in [0.1, 0.15) is 11.9 Å². The molecule has 3 N–H and O–H groups in total. The molecule has 3 nitrogen and oxygen atoms in total. The van der Waals surface area contributed by atoms with Gasteiger partial charge in [0.15, 0.2) is 6.54 Å². The third kappa shape index (κ3) is 5.30. The van der Waals surface area contributed by atoms with Crippen molar-refractivity contribution in [2.75, 3.05) is 11.9 Å². The molecule has 0 fully saturated rings. The lowest BCUT2D eigenvalue weighted by atomic mass is 10.0. The normalized spacial score (nSPS) is 12.0. The smallest absolute Gasteiger partial charge is 0.279 e. The summed E-state index contributed by atoms with van der Waals surface area (Å²) in [6.45, 7) is 2.28. The summed E-state index contributed by atoms with van der Waals surface area (Å²) in [5, 5.41) is 4.88. The van der Waals surface area contributed by atoms with Crippen LogP contribution in [0.1, 0.15) is 24.9 Å². The molecule has 0 aliphatic heterocycles. The minimum Gasteiger partial charge on any atom is -0.332 e. The van der Waals surface area contributed by atoms with Crippen molar-refractivity contribution in [1.29, 1.82) is 0 Å². The number of nitrogens with one attached hydrogen (secondary N) is 1. The first-order valence-corrected chi connectivity index (χ1v) is 8.50. The third-order valence-corrected chi connectivity index (χ3v) is 4.29. The van der Waals surface area contributed by atoms with Crippen LogP contribution in [0.4, 0.5) is 10.1 Å². The number of benzene rings is 2. The summed E-state index contributed by atoms with van der Waals surface area (Å²) in [5.41, 5.74) is 1.25. The summed E-state index contributed by atoms with van der Waals surface area (Å²) in [7, 11) is 0. The topological polar surface area (TPSA) is 45.7 Å². The highest BCUT2D eigenvalue weighted by atomic mass is 79.9. The minimum atomic E-state index is -0.497. The second-order valence-electron chi connectivity index (χ2n) is 5.18. The van der Waals surface area contributed by atoms with Crippen molar-refractivity contribution in [3.05, 3.63) is 63.3 Å². The second-order valence-corrected chi connectivity index (χ2v) is 6.53. The molecule has 0 unspecified atom stereocenters. The molecule has 0 aliphatic rings. The highest BCUT2D eigenvalue weighted by molar-refractivity contribution is 9.10. The predicted molar refractivity (Wildman–Crippen MR) is 94.0 cm³/mol.